The normalized spacial score (nSPS) is 11.7. The van der Waals surface area contributed by atoms with Crippen molar-refractivity contribution in [2.45, 2.75) is 19.9 Å². The molecule has 1 amide bonds. The second-order valence-corrected chi connectivity index (χ2v) is 5.18. The van der Waals surface area contributed by atoms with Crippen LogP contribution in [0.15, 0.2) is 36.4 Å². The van der Waals surface area contributed by atoms with E-state index in [9.17, 15) is 4.79 Å². The van der Waals surface area contributed by atoms with Crippen LogP contribution in [0.1, 0.15) is 33.4 Å². The van der Waals surface area contributed by atoms with Crippen LogP contribution < -0.4 is 11.1 Å². The second kappa shape index (κ2) is 6.41. The van der Waals surface area contributed by atoms with Gasteiger partial charge in [-0.25, -0.2) is 0 Å². The first-order valence-electron chi connectivity index (χ1n) is 6.45. The van der Waals surface area contributed by atoms with E-state index in [2.05, 4.69) is 15.5 Å². The summed E-state index contributed by atoms with van der Waals surface area (Å²) in [6.45, 7) is 3.52. The molecule has 0 saturated carbocycles. The van der Waals surface area contributed by atoms with Crippen LogP contribution in [0.2, 0.25) is 0 Å². The predicted molar refractivity (Wildman–Crippen MR) is 84.9 cm³/mol. The highest BCUT2D eigenvalue weighted by atomic mass is 32.1. The van der Waals surface area contributed by atoms with Crippen molar-refractivity contribution in [3.8, 4) is 0 Å². The zero-order valence-electron chi connectivity index (χ0n) is 11.8. The molecule has 0 aliphatic heterocycles. The van der Waals surface area contributed by atoms with Crippen molar-refractivity contribution in [2.24, 2.45) is 5.73 Å². The minimum absolute atomic E-state index is 0.214. The van der Waals surface area contributed by atoms with Gasteiger partial charge in [0, 0.05) is 0 Å². The number of rotatable bonds is 4. The monoisotopic (exact) mass is 300 g/mol. The molecule has 0 radical (unpaired) electrons. The Morgan fingerprint density at radius 2 is 1.90 bits per heavy atom. The minimum atomic E-state index is -0.512. The number of hydrogen-bond donors (Lipinski definition) is 2. The van der Waals surface area contributed by atoms with Crippen molar-refractivity contribution in [2.75, 3.05) is 0 Å². The number of aryl methyl sites for hydroxylation is 2. The van der Waals surface area contributed by atoms with Crippen molar-refractivity contribution >= 4 is 23.1 Å². The summed E-state index contributed by atoms with van der Waals surface area (Å²) in [5.74, 6) is -0.271. The first-order chi connectivity index (χ1) is 9.99. The van der Waals surface area contributed by atoms with Gasteiger partial charge in [-0.05, 0) is 25.5 Å². The molecular weight excluding hydrogens is 284 g/mol. The molecule has 0 saturated heterocycles. The van der Waals surface area contributed by atoms with Gasteiger partial charge >= 0.3 is 0 Å². The average molecular weight is 300 g/mol. The topological polar surface area (TPSA) is 80.9 Å². The van der Waals surface area contributed by atoms with Gasteiger partial charge in [-0.1, -0.05) is 42.5 Å². The van der Waals surface area contributed by atoms with Crippen LogP contribution in [0.25, 0.3) is 0 Å². The molecule has 0 aliphatic rings. The highest BCUT2D eigenvalue weighted by Crippen LogP contribution is 2.15. The van der Waals surface area contributed by atoms with E-state index in [0.717, 1.165) is 5.56 Å². The van der Waals surface area contributed by atoms with Crippen LogP contribution in [0, 0.1) is 13.8 Å². The number of carbonyl (C=O) groups is 1. The summed E-state index contributed by atoms with van der Waals surface area (Å²) in [6.07, 6.45) is 0. The molecule has 6 heteroatoms. The fraction of sp³-hybridized carbons (Fsp3) is 0.200. The third kappa shape index (κ3) is 3.61. The van der Waals surface area contributed by atoms with E-state index in [4.69, 9.17) is 18.0 Å². The smallest absolute Gasteiger partial charge is 0.254 e. The van der Waals surface area contributed by atoms with Crippen LogP contribution in [0.5, 0.6) is 0 Å². The molecule has 0 spiro atoms. The Morgan fingerprint density at radius 3 is 2.52 bits per heavy atom. The lowest BCUT2D eigenvalue weighted by molar-refractivity contribution is 0.0945. The molecule has 2 rings (SSSR count). The molecule has 3 N–H and O–H groups in total. The van der Waals surface area contributed by atoms with E-state index in [1.54, 1.807) is 19.9 Å². The van der Waals surface area contributed by atoms with Gasteiger partial charge in [0.15, 0.2) is 0 Å². The lowest BCUT2D eigenvalue weighted by Crippen LogP contribution is -2.37. The molecule has 1 unspecified atom stereocenters. The Hall–Kier alpha value is -2.34. The molecule has 0 fully saturated rings. The molecule has 108 valence electrons. The van der Waals surface area contributed by atoms with Gasteiger partial charge in [0.1, 0.15) is 11.0 Å². The first kappa shape index (κ1) is 15.1. The van der Waals surface area contributed by atoms with Crippen molar-refractivity contribution in [3.63, 3.8) is 0 Å². The third-order valence-electron chi connectivity index (χ3n) is 3.04. The highest BCUT2D eigenvalue weighted by molar-refractivity contribution is 7.80. The predicted octanol–water partition coefficient (Wildman–Crippen LogP) is 1.85. The molecule has 1 atom stereocenters. The zero-order chi connectivity index (χ0) is 15.4. The number of aromatic nitrogens is 2. The minimum Gasteiger partial charge on any atom is -0.391 e. The van der Waals surface area contributed by atoms with E-state index in [1.165, 1.54) is 0 Å². The average Bonchev–Trinajstić information content (AvgIpc) is 2.47. The molecular formula is C15H16N4OS. The third-order valence-corrected chi connectivity index (χ3v) is 3.27. The molecule has 0 bridgehead atoms. The van der Waals surface area contributed by atoms with Crippen LogP contribution in [-0.2, 0) is 0 Å². The van der Waals surface area contributed by atoms with E-state index in [-0.39, 0.29) is 10.9 Å². The van der Waals surface area contributed by atoms with E-state index in [0.29, 0.717) is 17.0 Å². The molecule has 5 nitrogen and oxygen atoms in total. The molecule has 21 heavy (non-hydrogen) atoms. The number of hydrogen-bond acceptors (Lipinski definition) is 4. The molecule has 2 aromatic rings. The Kier molecular flexibility index (Phi) is 4.59. The molecule has 1 heterocycles. The van der Waals surface area contributed by atoms with Crippen LogP contribution in [0.3, 0.4) is 0 Å². The van der Waals surface area contributed by atoms with Gasteiger partial charge in [0.05, 0.1) is 17.0 Å². The lowest BCUT2D eigenvalue weighted by atomic mass is 10.1. The van der Waals surface area contributed by atoms with Gasteiger partial charge in [-0.3, -0.25) is 4.79 Å². The lowest BCUT2D eigenvalue weighted by Gasteiger charge is -2.18. The quantitative estimate of drug-likeness (QED) is 0.842. The number of amides is 1. The summed E-state index contributed by atoms with van der Waals surface area (Å²) in [6, 6.07) is 10.6. The Balaban J connectivity index is 2.27. The van der Waals surface area contributed by atoms with Gasteiger partial charge in [0.2, 0.25) is 0 Å². The summed E-state index contributed by atoms with van der Waals surface area (Å²) in [7, 11) is 0. The largest absolute Gasteiger partial charge is 0.391 e. The van der Waals surface area contributed by atoms with Crippen LogP contribution >= 0.6 is 12.2 Å². The van der Waals surface area contributed by atoms with E-state index in [1.807, 2.05) is 30.3 Å². The standard InChI is InChI=1S/C15H16N4OS/c1-9-8-12(10(2)19-18-9)15(20)17-13(14(16)21)11-6-4-3-5-7-11/h3-8,13H,1-2H3,(H2,16,21)(H,17,20). The maximum Gasteiger partial charge on any atom is 0.254 e. The fourth-order valence-electron chi connectivity index (χ4n) is 1.95. The maximum absolute atomic E-state index is 12.4. The van der Waals surface area contributed by atoms with E-state index >= 15 is 0 Å². The van der Waals surface area contributed by atoms with Crippen molar-refractivity contribution in [1.82, 2.24) is 15.5 Å². The van der Waals surface area contributed by atoms with Crippen LogP contribution in [-0.4, -0.2) is 21.1 Å². The van der Waals surface area contributed by atoms with Crippen molar-refractivity contribution in [3.05, 3.63) is 58.9 Å². The van der Waals surface area contributed by atoms with Gasteiger partial charge in [0.25, 0.3) is 5.91 Å². The Labute approximate surface area is 128 Å². The first-order valence-corrected chi connectivity index (χ1v) is 6.86. The summed E-state index contributed by atoms with van der Waals surface area (Å²) >= 11 is 5.06. The fourth-order valence-corrected chi connectivity index (χ4v) is 2.15. The number of nitrogens with zero attached hydrogens (tertiary/aromatic N) is 2. The number of nitrogens with one attached hydrogen (secondary N) is 1. The van der Waals surface area contributed by atoms with Crippen molar-refractivity contribution < 1.29 is 4.79 Å². The summed E-state index contributed by atoms with van der Waals surface area (Å²) < 4.78 is 0. The number of thiocarbonyl (C=S) groups is 1. The van der Waals surface area contributed by atoms with Gasteiger partial charge in [-0.15, -0.1) is 0 Å². The van der Waals surface area contributed by atoms with E-state index < -0.39 is 6.04 Å². The number of benzene rings is 1. The maximum atomic E-state index is 12.4. The zero-order valence-corrected chi connectivity index (χ0v) is 12.6. The highest BCUT2D eigenvalue weighted by Gasteiger charge is 2.19. The van der Waals surface area contributed by atoms with Gasteiger partial charge in [-0.2, -0.15) is 10.2 Å². The second-order valence-electron chi connectivity index (χ2n) is 4.70. The summed E-state index contributed by atoms with van der Waals surface area (Å²) in [5.41, 5.74) is 8.31. The van der Waals surface area contributed by atoms with Gasteiger partial charge < -0.3 is 11.1 Å². The summed E-state index contributed by atoms with van der Waals surface area (Å²) in [4.78, 5) is 12.6. The number of nitrogens with two attached hydrogens (primary N) is 1. The van der Waals surface area contributed by atoms with Crippen molar-refractivity contribution in [1.29, 1.82) is 0 Å². The Bertz CT molecular complexity index is 673. The SMILES string of the molecule is Cc1cc(C(=O)NC(C(N)=S)c2ccccc2)c(C)nn1. The Morgan fingerprint density at radius 1 is 1.24 bits per heavy atom. The summed E-state index contributed by atoms with van der Waals surface area (Å²) in [5, 5.41) is 10.7. The molecule has 0 aliphatic carbocycles. The number of carbonyl (C=O) groups excluding carboxylic acids is 1. The van der Waals surface area contributed by atoms with Crippen LogP contribution in [0.4, 0.5) is 0 Å². The molecule has 1 aromatic heterocycles. The molecule has 1 aromatic carbocycles.